The zero-order valence-electron chi connectivity index (χ0n) is 21.4. The third-order valence-electron chi connectivity index (χ3n) is 8.55. The van der Waals surface area contributed by atoms with Gasteiger partial charge in [0.1, 0.15) is 11.5 Å². The Morgan fingerprint density at radius 2 is 1.51 bits per heavy atom. The molecule has 1 fully saturated rings. The number of nitrogens with zero attached hydrogens (tertiary/aromatic N) is 2. The lowest BCUT2D eigenvalue weighted by atomic mass is 9.64. The minimum atomic E-state index is -1.62. The number of Topliss-reactive ketones (excluding diaryl/α,β-unsaturated/α-hetero) is 3. The van der Waals surface area contributed by atoms with Crippen LogP contribution in [0.4, 0.5) is 11.4 Å². The van der Waals surface area contributed by atoms with E-state index >= 15 is 0 Å². The molecule has 4 aromatic rings. The number of nitro benzene ring substituents is 1. The fraction of sp³-hybridized carbons (Fsp3) is 0.121. The average Bonchev–Trinajstić information content (AvgIpc) is 3.43. The fourth-order valence-corrected chi connectivity index (χ4v) is 7.17. The lowest BCUT2D eigenvalue weighted by Gasteiger charge is -2.37. The van der Waals surface area contributed by atoms with E-state index in [2.05, 4.69) is 15.9 Å². The summed E-state index contributed by atoms with van der Waals surface area (Å²) in [5.41, 5.74) is 1.23. The highest BCUT2D eigenvalue weighted by Gasteiger charge is 2.71. The SMILES string of the molecule is O=C(c1cccc([N+](=O)[O-])c1)[C@@H]1[C@H](c2ccc(Br)cc2)C2(C(=O)c3ccccc3C2=O)[C@H]2C=Cc3ccccc3N12. The number of nitro groups is 1. The van der Waals surface area contributed by atoms with Crippen molar-refractivity contribution in [2.75, 3.05) is 4.90 Å². The zero-order chi connectivity index (χ0) is 28.5. The lowest BCUT2D eigenvalue weighted by molar-refractivity contribution is -0.384. The molecule has 200 valence electrons. The van der Waals surface area contributed by atoms with Crippen molar-refractivity contribution in [3.8, 4) is 0 Å². The highest BCUT2D eigenvalue weighted by atomic mass is 79.9. The number of carbonyl (C=O) groups excluding carboxylic acids is 3. The molecule has 8 heteroatoms. The molecule has 1 spiro atoms. The summed E-state index contributed by atoms with van der Waals surface area (Å²) < 4.78 is 0.810. The van der Waals surface area contributed by atoms with Crippen LogP contribution in [0.5, 0.6) is 0 Å². The van der Waals surface area contributed by atoms with E-state index in [0.717, 1.165) is 15.7 Å². The van der Waals surface area contributed by atoms with Crippen molar-refractivity contribution < 1.29 is 19.3 Å². The highest BCUT2D eigenvalue weighted by molar-refractivity contribution is 9.10. The summed E-state index contributed by atoms with van der Waals surface area (Å²) in [7, 11) is 0. The minimum Gasteiger partial charge on any atom is -0.352 e. The number of hydrogen-bond donors (Lipinski definition) is 0. The molecule has 0 aromatic heterocycles. The van der Waals surface area contributed by atoms with Crippen molar-refractivity contribution in [1.82, 2.24) is 0 Å². The largest absolute Gasteiger partial charge is 0.352 e. The van der Waals surface area contributed by atoms with Crippen LogP contribution in [0.3, 0.4) is 0 Å². The number of non-ortho nitro benzene ring substituents is 1. The van der Waals surface area contributed by atoms with Crippen LogP contribution in [-0.4, -0.2) is 34.4 Å². The summed E-state index contributed by atoms with van der Waals surface area (Å²) in [6.45, 7) is 0. The third-order valence-corrected chi connectivity index (χ3v) is 9.08. The predicted molar refractivity (Wildman–Crippen MR) is 157 cm³/mol. The quantitative estimate of drug-likeness (QED) is 0.112. The second-order valence-corrected chi connectivity index (χ2v) is 11.4. The van der Waals surface area contributed by atoms with Gasteiger partial charge < -0.3 is 4.90 Å². The maximum Gasteiger partial charge on any atom is 0.270 e. The van der Waals surface area contributed by atoms with Crippen LogP contribution >= 0.6 is 15.9 Å². The van der Waals surface area contributed by atoms with Gasteiger partial charge in [0.05, 0.1) is 11.0 Å². The molecule has 4 aromatic carbocycles. The van der Waals surface area contributed by atoms with Gasteiger partial charge in [0.15, 0.2) is 17.3 Å². The van der Waals surface area contributed by atoms with Gasteiger partial charge in [-0.3, -0.25) is 24.5 Å². The molecule has 2 heterocycles. The summed E-state index contributed by atoms with van der Waals surface area (Å²) in [4.78, 5) is 56.8. The minimum absolute atomic E-state index is 0.143. The van der Waals surface area contributed by atoms with Gasteiger partial charge in [-0.1, -0.05) is 94.8 Å². The van der Waals surface area contributed by atoms with E-state index in [1.807, 2.05) is 65.6 Å². The molecule has 41 heavy (non-hydrogen) atoms. The van der Waals surface area contributed by atoms with Crippen LogP contribution in [0.25, 0.3) is 6.08 Å². The van der Waals surface area contributed by atoms with Gasteiger partial charge >= 0.3 is 0 Å². The Balaban J connectivity index is 1.54. The van der Waals surface area contributed by atoms with Crippen LogP contribution in [0.2, 0.25) is 0 Å². The van der Waals surface area contributed by atoms with Gasteiger partial charge in [-0.15, -0.1) is 0 Å². The first-order chi connectivity index (χ1) is 19.8. The number of rotatable bonds is 4. The topological polar surface area (TPSA) is 97.6 Å². The lowest BCUT2D eigenvalue weighted by Crippen LogP contribution is -2.48. The van der Waals surface area contributed by atoms with Gasteiger partial charge in [0.25, 0.3) is 5.69 Å². The van der Waals surface area contributed by atoms with E-state index in [4.69, 9.17) is 0 Å². The number of para-hydroxylation sites is 1. The van der Waals surface area contributed by atoms with Crippen molar-refractivity contribution in [2.45, 2.75) is 18.0 Å². The second-order valence-electron chi connectivity index (χ2n) is 10.5. The van der Waals surface area contributed by atoms with Crippen molar-refractivity contribution in [3.05, 3.63) is 146 Å². The van der Waals surface area contributed by atoms with Gasteiger partial charge in [-0.05, 0) is 29.3 Å². The van der Waals surface area contributed by atoms with E-state index in [1.54, 1.807) is 30.3 Å². The molecule has 0 amide bonds. The smallest absolute Gasteiger partial charge is 0.270 e. The molecule has 7 rings (SSSR count). The Kier molecular flexibility index (Phi) is 5.66. The highest BCUT2D eigenvalue weighted by Crippen LogP contribution is 2.61. The first-order valence-corrected chi connectivity index (χ1v) is 13.9. The van der Waals surface area contributed by atoms with Gasteiger partial charge in [-0.25, -0.2) is 0 Å². The zero-order valence-corrected chi connectivity index (χ0v) is 23.0. The summed E-state index contributed by atoms with van der Waals surface area (Å²) in [5.74, 6) is -1.92. The number of halogens is 1. The van der Waals surface area contributed by atoms with Gasteiger partial charge in [0.2, 0.25) is 0 Å². The molecule has 0 bridgehead atoms. The molecule has 7 nitrogen and oxygen atoms in total. The normalized spacial score (nSPS) is 21.5. The number of carbonyl (C=O) groups is 3. The summed E-state index contributed by atoms with van der Waals surface area (Å²) in [6.07, 6.45) is 3.76. The van der Waals surface area contributed by atoms with E-state index in [-0.39, 0.29) is 22.8 Å². The first-order valence-electron chi connectivity index (χ1n) is 13.1. The van der Waals surface area contributed by atoms with Crippen LogP contribution in [0.1, 0.15) is 48.1 Å². The van der Waals surface area contributed by atoms with E-state index < -0.39 is 34.1 Å². The van der Waals surface area contributed by atoms with Gasteiger partial charge in [-0.2, -0.15) is 0 Å². The van der Waals surface area contributed by atoms with Crippen molar-refractivity contribution in [1.29, 1.82) is 0 Å². The van der Waals surface area contributed by atoms with Crippen molar-refractivity contribution in [2.24, 2.45) is 5.41 Å². The van der Waals surface area contributed by atoms with Crippen LogP contribution in [-0.2, 0) is 0 Å². The summed E-state index contributed by atoms with van der Waals surface area (Å²) in [5, 5.41) is 11.6. The third kappa shape index (κ3) is 3.47. The van der Waals surface area contributed by atoms with Crippen molar-refractivity contribution >= 4 is 50.7 Å². The van der Waals surface area contributed by atoms with E-state index in [1.165, 1.54) is 18.2 Å². The molecule has 3 atom stereocenters. The molecular formula is C33H21BrN2O5. The number of ketones is 3. The van der Waals surface area contributed by atoms with E-state index in [0.29, 0.717) is 16.7 Å². The van der Waals surface area contributed by atoms with Crippen LogP contribution in [0, 0.1) is 15.5 Å². The van der Waals surface area contributed by atoms with Gasteiger partial charge in [0, 0.05) is 44.9 Å². The van der Waals surface area contributed by atoms with Crippen molar-refractivity contribution in [3.63, 3.8) is 0 Å². The molecule has 2 aliphatic heterocycles. The molecular weight excluding hydrogens is 584 g/mol. The first kappa shape index (κ1) is 25.3. The Bertz CT molecular complexity index is 1790. The Morgan fingerprint density at radius 3 is 2.20 bits per heavy atom. The Labute approximate surface area is 243 Å². The molecule has 1 saturated heterocycles. The molecule has 0 unspecified atom stereocenters. The molecule has 0 saturated carbocycles. The Hall–Kier alpha value is -4.69. The predicted octanol–water partition coefficient (Wildman–Crippen LogP) is 6.67. The molecule has 0 radical (unpaired) electrons. The van der Waals surface area contributed by atoms with E-state index in [9.17, 15) is 24.5 Å². The summed E-state index contributed by atoms with van der Waals surface area (Å²) in [6, 6.07) is 25.6. The maximum absolute atomic E-state index is 14.6. The number of fused-ring (bicyclic) bond motifs is 5. The fourth-order valence-electron chi connectivity index (χ4n) is 6.90. The van der Waals surface area contributed by atoms with Crippen LogP contribution < -0.4 is 4.90 Å². The molecule has 3 aliphatic rings. The Morgan fingerprint density at radius 1 is 0.854 bits per heavy atom. The maximum atomic E-state index is 14.6. The standard InChI is InChI=1S/C33H21BrN2O5/c34-22-15-12-20(13-16-22)28-29(30(37)21-7-5-8-23(18-21)36(40)41)35-26-11-4-1-6-19(26)14-17-27(35)33(28)31(38)24-9-2-3-10-25(24)32(33)39/h1-18,27-29H/t27-,28+,29+/m1/s1. The van der Waals surface area contributed by atoms with Crippen LogP contribution in [0.15, 0.2) is 108 Å². The monoisotopic (exact) mass is 604 g/mol. The summed E-state index contributed by atoms with van der Waals surface area (Å²) >= 11 is 3.47. The molecule has 0 N–H and O–H groups in total. The molecule has 1 aliphatic carbocycles. The number of anilines is 1. The number of hydrogen-bond acceptors (Lipinski definition) is 6. The average molecular weight is 605 g/mol. The second kappa shape index (κ2) is 9.17. The number of benzene rings is 4.